The van der Waals surface area contributed by atoms with E-state index < -0.39 is 11.7 Å². The van der Waals surface area contributed by atoms with Crippen LogP contribution >= 0.6 is 0 Å². The number of nitrogens with zero attached hydrogens (tertiary/aromatic N) is 1. The molecule has 0 aliphatic carbocycles. The minimum atomic E-state index is -4.34. The van der Waals surface area contributed by atoms with Crippen LogP contribution in [0.15, 0.2) is 60.7 Å². The number of rotatable bonds is 6. The lowest BCUT2D eigenvalue weighted by molar-refractivity contribution is -0.137. The van der Waals surface area contributed by atoms with Gasteiger partial charge in [0.25, 0.3) is 0 Å². The number of hydrogen-bond acceptors (Lipinski definition) is 2. The summed E-state index contributed by atoms with van der Waals surface area (Å²) < 4.78 is 38.3. The van der Waals surface area contributed by atoms with Crippen LogP contribution in [-0.2, 0) is 19.1 Å². The smallest absolute Gasteiger partial charge is 0.416 e. The van der Waals surface area contributed by atoms with Crippen LogP contribution in [0.3, 0.4) is 0 Å². The second-order valence-corrected chi connectivity index (χ2v) is 6.75. The van der Waals surface area contributed by atoms with Gasteiger partial charge in [-0.3, -0.25) is 0 Å². The Balaban J connectivity index is 1.61. The number of benzene rings is 3. The maximum absolute atomic E-state index is 12.8. The van der Waals surface area contributed by atoms with Crippen LogP contribution in [-0.4, -0.2) is 11.6 Å². The summed E-state index contributed by atoms with van der Waals surface area (Å²) >= 11 is 0. The number of alkyl halides is 3. The Kier molecular flexibility index (Phi) is 5.82. The molecule has 0 unspecified atom stereocenters. The first-order chi connectivity index (χ1) is 12.8. The van der Waals surface area contributed by atoms with Gasteiger partial charge < -0.3 is 10.3 Å². The molecular formula is C22H21F3NO-. The van der Waals surface area contributed by atoms with Crippen molar-refractivity contribution in [2.45, 2.75) is 32.5 Å². The van der Waals surface area contributed by atoms with Crippen molar-refractivity contribution < 1.29 is 13.2 Å². The Morgan fingerprint density at radius 1 is 0.963 bits per heavy atom. The molecule has 5 heteroatoms. The molecule has 0 amide bonds. The van der Waals surface area contributed by atoms with E-state index in [1.54, 1.807) is 6.07 Å². The molecule has 0 aromatic heterocycles. The van der Waals surface area contributed by atoms with Gasteiger partial charge in [0.15, 0.2) is 0 Å². The van der Waals surface area contributed by atoms with E-state index in [-0.39, 0.29) is 13.1 Å². The van der Waals surface area contributed by atoms with Crippen molar-refractivity contribution in [3.8, 4) is 0 Å². The summed E-state index contributed by atoms with van der Waals surface area (Å²) in [7, 11) is 0. The van der Waals surface area contributed by atoms with Crippen LogP contribution in [0.5, 0.6) is 0 Å². The van der Waals surface area contributed by atoms with Crippen LogP contribution in [0.25, 0.3) is 10.8 Å². The molecule has 0 saturated carbocycles. The standard InChI is InChI=1S/C22H21F3NO/c1-16-11-12-18-8-2-3-10-20(18)21(16)15-26(27)13-5-7-17-6-4-9-19(14-17)22(23,24)25/h2-4,6,8-12,14H,5,7,13,15H2,1H3/q-1. The first kappa shape index (κ1) is 19.4. The highest BCUT2D eigenvalue weighted by Crippen LogP contribution is 2.30. The molecule has 0 fully saturated rings. The van der Waals surface area contributed by atoms with Crippen molar-refractivity contribution in [3.63, 3.8) is 0 Å². The van der Waals surface area contributed by atoms with Gasteiger partial charge in [-0.05, 0) is 59.8 Å². The lowest BCUT2D eigenvalue weighted by Gasteiger charge is -2.29. The quantitative estimate of drug-likeness (QED) is 0.489. The van der Waals surface area contributed by atoms with Crippen molar-refractivity contribution in [1.29, 1.82) is 0 Å². The minimum Gasteiger partial charge on any atom is -0.785 e. The monoisotopic (exact) mass is 372 g/mol. The Morgan fingerprint density at radius 3 is 2.52 bits per heavy atom. The first-order valence-electron chi connectivity index (χ1n) is 8.90. The van der Waals surface area contributed by atoms with Crippen LogP contribution in [0.1, 0.15) is 28.7 Å². The van der Waals surface area contributed by atoms with Crippen molar-refractivity contribution >= 4 is 10.8 Å². The molecule has 0 N–H and O–H groups in total. The van der Waals surface area contributed by atoms with Gasteiger partial charge in [0.2, 0.25) is 0 Å². The van der Waals surface area contributed by atoms with Gasteiger partial charge in [-0.25, -0.2) is 0 Å². The molecule has 0 radical (unpaired) electrons. The van der Waals surface area contributed by atoms with Gasteiger partial charge in [-0.15, -0.1) is 0 Å². The Bertz CT molecular complexity index is 921. The predicted octanol–water partition coefficient (Wildman–Crippen LogP) is 6.10. The van der Waals surface area contributed by atoms with E-state index in [1.165, 1.54) is 6.07 Å². The van der Waals surface area contributed by atoms with Crippen LogP contribution < -0.4 is 0 Å². The highest BCUT2D eigenvalue weighted by atomic mass is 19.4. The van der Waals surface area contributed by atoms with Crippen molar-refractivity contribution in [3.05, 3.63) is 88.1 Å². The molecular weight excluding hydrogens is 351 g/mol. The molecule has 3 rings (SSSR count). The average Bonchev–Trinajstić information content (AvgIpc) is 2.64. The van der Waals surface area contributed by atoms with E-state index in [9.17, 15) is 18.4 Å². The lowest BCUT2D eigenvalue weighted by Crippen LogP contribution is -2.18. The van der Waals surface area contributed by atoms with Gasteiger partial charge in [-0.1, -0.05) is 54.6 Å². The fourth-order valence-electron chi connectivity index (χ4n) is 3.27. The largest absolute Gasteiger partial charge is 0.785 e. The fraction of sp³-hybridized carbons (Fsp3) is 0.273. The lowest BCUT2D eigenvalue weighted by atomic mass is 9.99. The van der Waals surface area contributed by atoms with E-state index in [0.29, 0.717) is 18.4 Å². The zero-order valence-electron chi connectivity index (χ0n) is 15.1. The molecule has 0 bridgehead atoms. The zero-order valence-corrected chi connectivity index (χ0v) is 15.1. The summed E-state index contributed by atoms with van der Waals surface area (Å²) in [5, 5.41) is 15.5. The highest BCUT2D eigenvalue weighted by Gasteiger charge is 2.30. The predicted molar refractivity (Wildman–Crippen MR) is 102 cm³/mol. The van der Waals surface area contributed by atoms with Gasteiger partial charge in [-0.2, -0.15) is 13.2 Å². The van der Waals surface area contributed by atoms with Crippen LogP contribution in [0, 0.1) is 12.1 Å². The van der Waals surface area contributed by atoms with Crippen molar-refractivity contribution in [2.24, 2.45) is 0 Å². The third-order valence-corrected chi connectivity index (χ3v) is 4.74. The van der Waals surface area contributed by atoms with E-state index >= 15 is 0 Å². The molecule has 3 aromatic rings. The summed E-state index contributed by atoms with van der Waals surface area (Å²) in [5.41, 5.74) is 2.01. The molecule has 2 nitrogen and oxygen atoms in total. The second-order valence-electron chi connectivity index (χ2n) is 6.75. The fourth-order valence-corrected chi connectivity index (χ4v) is 3.27. The van der Waals surface area contributed by atoms with Crippen molar-refractivity contribution in [1.82, 2.24) is 5.06 Å². The van der Waals surface area contributed by atoms with E-state index in [4.69, 9.17) is 0 Å². The number of fused-ring (bicyclic) bond motifs is 1. The van der Waals surface area contributed by atoms with E-state index in [1.807, 2.05) is 43.3 Å². The molecule has 0 heterocycles. The molecule has 0 saturated heterocycles. The van der Waals surface area contributed by atoms with Gasteiger partial charge in [0.05, 0.1) is 5.56 Å². The molecule has 27 heavy (non-hydrogen) atoms. The Morgan fingerprint density at radius 2 is 1.74 bits per heavy atom. The molecule has 0 aliphatic heterocycles. The second kappa shape index (κ2) is 8.11. The number of halogens is 3. The van der Waals surface area contributed by atoms with Crippen LogP contribution in [0.2, 0.25) is 0 Å². The van der Waals surface area contributed by atoms with Gasteiger partial charge >= 0.3 is 6.18 Å². The third-order valence-electron chi connectivity index (χ3n) is 4.74. The molecule has 3 aromatic carbocycles. The maximum atomic E-state index is 12.8. The van der Waals surface area contributed by atoms with E-state index in [0.717, 1.165) is 39.1 Å². The molecule has 142 valence electrons. The maximum Gasteiger partial charge on any atom is 0.416 e. The van der Waals surface area contributed by atoms with Crippen molar-refractivity contribution in [2.75, 3.05) is 6.54 Å². The van der Waals surface area contributed by atoms with Gasteiger partial charge in [0.1, 0.15) is 0 Å². The summed E-state index contributed by atoms with van der Waals surface area (Å²) in [6.45, 7) is 2.53. The average molecular weight is 372 g/mol. The number of aryl methyl sites for hydroxylation is 2. The topological polar surface area (TPSA) is 26.3 Å². The highest BCUT2D eigenvalue weighted by molar-refractivity contribution is 5.86. The Labute approximate surface area is 156 Å². The zero-order chi connectivity index (χ0) is 19.4. The normalized spacial score (nSPS) is 12.1. The summed E-state index contributed by atoms with van der Waals surface area (Å²) in [5.74, 6) is 0. The number of hydroxylamine groups is 2. The molecule has 0 aliphatic rings. The molecule has 0 spiro atoms. The van der Waals surface area contributed by atoms with Gasteiger partial charge in [0, 0.05) is 6.54 Å². The minimum absolute atomic E-state index is 0.274. The van der Waals surface area contributed by atoms with E-state index in [2.05, 4.69) is 0 Å². The summed E-state index contributed by atoms with van der Waals surface area (Å²) in [6.07, 6.45) is -3.39. The van der Waals surface area contributed by atoms with Crippen LogP contribution in [0.4, 0.5) is 13.2 Å². The first-order valence-corrected chi connectivity index (χ1v) is 8.90. The summed E-state index contributed by atoms with van der Waals surface area (Å²) in [4.78, 5) is 0. The molecule has 0 atom stereocenters. The SMILES string of the molecule is Cc1ccc2ccccc2c1CN([O-])CCCc1cccc(C(F)(F)F)c1. The Hall–Kier alpha value is -2.37. The summed E-state index contributed by atoms with van der Waals surface area (Å²) in [6, 6.07) is 17.3. The number of hydrogen-bond donors (Lipinski definition) is 0. The third kappa shape index (κ3) is 4.87.